The van der Waals surface area contributed by atoms with E-state index in [1.54, 1.807) is 27.0 Å². The number of aromatic nitrogens is 2. The van der Waals surface area contributed by atoms with Crippen LogP contribution in [0.4, 0.5) is 0 Å². The number of carboxylic acids is 1. The molecule has 0 fully saturated rings. The van der Waals surface area contributed by atoms with Gasteiger partial charge in [-0.2, -0.15) is 0 Å². The Morgan fingerprint density at radius 2 is 1.61 bits per heavy atom. The van der Waals surface area contributed by atoms with Crippen LogP contribution in [0, 0.1) is 11.8 Å². The second-order valence-electron chi connectivity index (χ2n) is 8.06. The van der Waals surface area contributed by atoms with Gasteiger partial charge in [-0.15, -0.1) is 0 Å². The molecule has 1 aromatic rings. The number of hydrogen-bond donors (Lipinski definition) is 6. The van der Waals surface area contributed by atoms with Gasteiger partial charge in [0.1, 0.15) is 18.1 Å². The van der Waals surface area contributed by atoms with Crippen molar-refractivity contribution in [2.75, 3.05) is 0 Å². The van der Waals surface area contributed by atoms with E-state index in [0.717, 1.165) is 0 Å². The van der Waals surface area contributed by atoms with Crippen LogP contribution in [0.15, 0.2) is 12.5 Å². The monoisotopic (exact) mass is 438 g/mol. The highest BCUT2D eigenvalue weighted by Crippen LogP contribution is 2.11. The van der Waals surface area contributed by atoms with E-state index in [1.165, 1.54) is 13.3 Å². The number of carbonyl (C=O) groups is 4. The molecular weight excluding hydrogens is 404 g/mol. The number of H-pyrrole nitrogens is 1. The summed E-state index contributed by atoms with van der Waals surface area (Å²) < 4.78 is 0. The molecule has 1 rings (SSSR count). The SMILES string of the molecule is CCC(C)C(NC(=O)C(NC(=O)C(N)Cc1cnc[nH]1)C(C)C)C(=O)NC(C)C(=O)O. The molecule has 0 saturated heterocycles. The van der Waals surface area contributed by atoms with Gasteiger partial charge in [0, 0.05) is 18.3 Å². The van der Waals surface area contributed by atoms with Crippen LogP contribution in [-0.2, 0) is 25.6 Å². The maximum absolute atomic E-state index is 12.9. The topological polar surface area (TPSA) is 179 Å². The highest BCUT2D eigenvalue weighted by atomic mass is 16.4. The number of nitrogens with one attached hydrogen (secondary N) is 4. The molecule has 5 atom stereocenters. The number of nitrogens with two attached hydrogens (primary N) is 1. The molecule has 1 heterocycles. The molecule has 11 nitrogen and oxygen atoms in total. The number of aromatic amines is 1. The average Bonchev–Trinajstić information content (AvgIpc) is 3.21. The van der Waals surface area contributed by atoms with Crippen LogP contribution in [-0.4, -0.2) is 62.9 Å². The van der Waals surface area contributed by atoms with E-state index in [1.807, 2.05) is 6.92 Å². The van der Waals surface area contributed by atoms with Gasteiger partial charge < -0.3 is 31.8 Å². The Morgan fingerprint density at radius 3 is 2.10 bits per heavy atom. The Bertz CT molecular complexity index is 751. The molecule has 0 spiro atoms. The van der Waals surface area contributed by atoms with Crippen LogP contribution >= 0.6 is 0 Å². The molecular formula is C20H34N6O5. The smallest absolute Gasteiger partial charge is 0.325 e. The van der Waals surface area contributed by atoms with Crippen molar-refractivity contribution in [2.45, 2.75) is 71.6 Å². The number of carbonyl (C=O) groups excluding carboxylic acids is 3. The van der Waals surface area contributed by atoms with Gasteiger partial charge in [0.2, 0.25) is 17.7 Å². The minimum atomic E-state index is -1.18. The third kappa shape index (κ3) is 8.00. The van der Waals surface area contributed by atoms with Crippen LogP contribution in [0.3, 0.4) is 0 Å². The number of aliphatic carboxylic acids is 1. The fourth-order valence-electron chi connectivity index (χ4n) is 2.83. The molecule has 1 aromatic heterocycles. The third-order valence-corrected chi connectivity index (χ3v) is 5.10. The summed E-state index contributed by atoms with van der Waals surface area (Å²) in [6.45, 7) is 8.49. The molecule has 0 aliphatic carbocycles. The molecule has 31 heavy (non-hydrogen) atoms. The summed E-state index contributed by atoms with van der Waals surface area (Å²) in [5, 5.41) is 16.7. The van der Waals surface area contributed by atoms with Crippen LogP contribution in [0.1, 0.15) is 46.7 Å². The number of nitrogens with zero attached hydrogens (tertiary/aromatic N) is 1. The molecule has 3 amide bonds. The minimum absolute atomic E-state index is 0.225. The van der Waals surface area contributed by atoms with Gasteiger partial charge in [0.25, 0.3) is 0 Å². The molecule has 0 aliphatic heterocycles. The number of carboxylic acid groups (broad SMARTS) is 1. The van der Waals surface area contributed by atoms with Crippen molar-refractivity contribution in [3.8, 4) is 0 Å². The van der Waals surface area contributed by atoms with E-state index >= 15 is 0 Å². The largest absolute Gasteiger partial charge is 0.480 e. The van der Waals surface area contributed by atoms with Crippen LogP contribution in [0.25, 0.3) is 0 Å². The molecule has 0 saturated carbocycles. The van der Waals surface area contributed by atoms with Gasteiger partial charge >= 0.3 is 5.97 Å². The lowest BCUT2D eigenvalue weighted by Crippen LogP contribution is -2.59. The molecule has 0 aromatic carbocycles. The van der Waals surface area contributed by atoms with E-state index in [-0.39, 0.29) is 18.3 Å². The second-order valence-corrected chi connectivity index (χ2v) is 8.06. The van der Waals surface area contributed by atoms with Crippen LogP contribution in [0.2, 0.25) is 0 Å². The van der Waals surface area contributed by atoms with Crippen LogP contribution < -0.4 is 21.7 Å². The summed E-state index contributed by atoms with van der Waals surface area (Å²) in [6.07, 6.45) is 3.85. The van der Waals surface area contributed by atoms with Crippen molar-refractivity contribution >= 4 is 23.7 Å². The summed E-state index contributed by atoms with van der Waals surface area (Å²) in [5.74, 6) is -3.35. The zero-order valence-corrected chi connectivity index (χ0v) is 18.6. The zero-order valence-electron chi connectivity index (χ0n) is 18.6. The number of amides is 3. The fourth-order valence-corrected chi connectivity index (χ4v) is 2.83. The number of rotatable bonds is 12. The Morgan fingerprint density at radius 1 is 1.03 bits per heavy atom. The predicted octanol–water partition coefficient (Wildman–Crippen LogP) is -0.459. The van der Waals surface area contributed by atoms with E-state index in [9.17, 15) is 19.2 Å². The lowest BCUT2D eigenvalue weighted by molar-refractivity contribution is -0.142. The first-order chi connectivity index (χ1) is 14.5. The van der Waals surface area contributed by atoms with E-state index < -0.39 is 47.9 Å². The van der Waals surface area contributed by atoms with Crippen molar-refractivity contribution in [1.29, 1.82) is 0 Å². The lowest BCUT2D eigenvalue weighted by Gasteiger charge is -2.29. The van der Waals surface area contributed by atoms with Gasteiger partial charge in [-0.25, -0.2) is 4.98 Å². The Kier molecular flexibility index (Phi) is 10.1. The Balaban J connectivity index is 2.87. The Labute approximate surface area is 181 Å². The molecule has 174 valence electrons. The molecule has 0 radical (unpaired) electrons. The zero-order chi connectivity index (χ0) is 23.7. The number of imidazole rings is 1. The van der Waals surface area contributed by atoms with Gasteiger partial charge in [0.05, 0.1) is 12.4 Å². The maximum atomic E-state index is 12.9. The maximum Gasteiger partial charge on any atom is 0.325 e. The highest BCUT2D eigenvalue weighted by molar-refractivity contribution is 5.94. The van der Waals surface area contributed by atoms with Gasteiger partial charge in [-0.3, -0.25) is 19.2 Å². The van der Waals surface area contributed by atoms with E-state index in [2.05, 4.69) is 25.9 Å². The Hall–Kier alpha value is -2.95. The van der Waals surface area contributed by atoms with E-state index in [0.29, 0.717) is 12.1 Å². The first-order valence-corrected chi connectivity index (χ1v) is 10.3. The minimum Gasteiger partial charge on any atom is -0.480 e. The quantitative estimate of drug-likeness (QED) is 0.255. The average molecular weight is 439 g/mol. The lowest BCUT2D eigenvalue weighted by atomic mass is 9.96. The van der Waals surface area contributed by atoms with Crippen molar-refractivity contribution in [2.24, 2.45) is 17.6 Å². The molecule has 7 N–H and O–H groups in total. The molecule has 11 heteroatoms. The number of hydrogen-bond acceptors (Lipinski definition) is 6. The summed E-state index contributed by atoms with van der Waals surface area (Å²) in [7, 11) is 0. The van der Waals surface area contributed by atoms with Crippen molar-refractivity contribution in [3.05, 3.63) is 18.2 Å². The van der Waals surface area contributed by atoms with Gasteiger partial charge in [-0.05, 0) is 18.8 Å². The molecule has 0 bridgehead atoms. The second kappa shape index (κ2) is 12.0. The van der Waals surface area contributed by atoms with E-state index in [4.69, 9.17) is 10.8 Å². The summed E-state index contributed by atoms with van der Waals surface area (Å²) in [6, 6.07) is -3.86. The normalized spacial score (nSPS) is 16.0. The van der Waals surface area contributed by atoms with Crippen molar-refractivity contribution < 1.29 is 24.3 Å². The van der Waals surface area contributed by atoms with Crippen molar-refractivity contribution in [1.82, 2.24) is 25.9 Å². The highest BCUT2D eigenvalue weighted by Gasteiger charge is 2.33. The summed E-state index contributed by atoms with van der Waals surface area (Å²) >= 11 is 0. The molecule has 0 aliphatic rings. The summed E-state index contributed by atoms with van der Waals surface area (Å²) in [5.41, 5.74) is 6.64. The third-order valence-electron chi connectivity index (χ3n) is 5.10. The first kappa shape index (κ1) is 26.1. The van der Waals surface area contributed by atoms with Gasteiger partial charge in [0.15, 0.2) is 0 Å². The summed E-state index contributed by atoms with van der Waals surface area (Å²) in [4.78, 5) is 55.8. The van der Waals surface area contributed by atoms with Crippen molar-refractivity contribution in [3.63, 3.8) is 0 Å². The van der Waals surface area contributed by atoms with Gasteiger partial charge in [-0.1, -0.05) is 34.1 Å². The predicted molar refractivity (Wildman–Crippen MR) is 114 cm³/mol. The fraction of sp³-hybridized carbons (Fsp3) is 0.650. The molecule has 5 unspecified atom stereocenters. The standard InChI is InChI=1S/C20H34N6O5/c1-6-11(4)16(19(29)24-12(5)20(30)31)26-18(28)15(10(2)3)25-17(27)14(21)7-13-8-22-9-23-13/h8-12,14-16H,6-7,21H2,1-5H3,(H,22,23)(H,24,29)(H,25,27)(H,26,28)(H,30,31). The first-order valence-electron chi connectivity index (χ1n) is 10.3. The van der Waals surface area contributed by atoms with Crippen LogP contribution in [0.5, 0.6) is 0 Å².